The van der Waals surface area contributed by atoms with Crippen LogP contribution >= 0.6 is 0 Å². The highest BCUT2D eigenvalue weighted by Crippen LogP contribution is 2.21. The summed E-state index contributed by atoms with van der Waals surface area (Å²) in [6.07, 6.45) is 2.26. The zero-order chi connectivity index (χ0) is 9.10. The molecule has 1 saturated heterocycles. The first-order valence-electron chi connectivity index (χ1n) is 4.58. The number of rotatable bonds is 2. The Morgan fingerprint density at radius 3 is 3.15 bits per heavy atom. The average Bonchev–Trinajstić information content (AvgIpc) is 2.67. The van der Waals surface area contributed by atoms with Crippen LogP contribution in [0.3, 0.4) is 0 Å². The summed E-state index contributed by atoms with van der Waals surface area (Å²) < 4.78 is 5.07. The van der Waals surface area contributed by atoms with Gasteiger partial charge in [0.1, 0.15) is 0 Å². The molecule has 0 saturated carbocycles. The van der Waals surface area contributed by atoms with Crippen LogP contribution in [-0.2, 0) is 6.54 Å². The fourth-order valence-electron chi connectivity index (χ4n) is 1.57. The Hall–Kier alpha value is -0.940. The third-order valence-electron chi connectivity index (χ3n) is 2.29. The van der Waals surface area contributed by atoms with Crippen molar-refractivity contribution in [1.29, 1.82) is 0 Å². The average molecular weight is 181 g/mol. The highest BCUT2D eigenvalue weighted by atomic mass is 16.5. The Morgan fingerprint density at radius 2 is 2.54 bits per heavy atom. The van der Waals surface area contributed by atoms with Crippen molar-refractivity contribution in [3.63, 3.8) is 0 Å². The quantitative estimate of drug-likeness (QED) is 0.713. The molecular formula is C8H13N4O. The first-order valence-corrected chi connectivity index (χ1v) is 4.58. The van der Waals surface area contributed by atoms with Gasteiger partial charge in [-0.2, -0.15) is 4.98 Å². The van der Waals surface area contributed by atoms with Gasteiger partial charge in [-0.3, -0.25) is 0 Å². The standard InChI is InChI=1S/C8H13N4O/c9-4-7-11-8(13-12-7)6-2-1-3-10-5-6/h6,9-10H,1-5H2. The van der Waals surface area contributed by atoms with Crippen molar-refractivity contribution in [3.8, 4) is 0 Å². The fraction of sp³-hybridized carbons (Fsp3) is 0.750. The molecular weight excluding hydrogens is 168 g/mol. The molecule has 2 N–H and O–H groups in total. The van der Waals surface area contributed by atoms with Crippen molar-refractivity contribution < 1.29 is 4.52 Å². The first-order chi connectivity index (χ1) is 6.40. The van der Waals surface area contributed by atoms with Crippen LogP contribution in [0.1, 0.15) is 30.5 Å². The molecule has 1 aliphatic heterocycles. The lowest BCUT2D eigenvalue weighted by molar-refractivity contribution is 0.320. The third-order valence-corrected chi connectivity index (χ3v) is 2.29. The Labute approximate surface area is 76.7 Å². The number of hydrogen-bond acceptors (Lipinski definition) is 4. The number of aromatic nitrogens is 2. The molecule has 2 heterocycles. The van der Waals surface area contributed by atoms with Gasteiger partial charge in [0.15, 0.2) is 5.82 Å². The number of hydrogen-bond donors (Lipinski definition) is 1. The molecule has 5 heteroatoms. The van der Waals surface area contributed by atoms with Crippen molar-refractivity contribution in [3.05, 3.63) is 11.7 Å². The number of nitrogens with one attached hydrogen (secondary N) is 2. The molecule has 2 rings (SSSR count). The summed E-state index contributed by atoms with van der Waals surface area (Å²) in [6.45, 7) is 2.10. The first kappa shape index (κ1) is 8.65. The van der Waals surface area contributed by atoms with Crippen LogP contribution in [0.5, 0.6) is 0 Å². The van der Waals surface area contributed by atoms with Crippen molar-refractivity contribution in [2.24, 2.45) is 0 Å². The van der Waals surface area contributed by atoms with Gasteiger partial charge in [0.05, 0.1) is 12.5 Å². The smallest absolute Gasteiger partial charge is 0.231 e. The zero-order valence-electron chi connectivity index (χ0n) is 7.42. The largest absolute Gasteiger partial charge is 0.339 e. The van der Waals surface area contributed by atoms with E-state index in [2.05, 4.69) is 15.5 Å². The second kappa shape index (κ2) is 3.85. The lowest BCUT2D eigenvalue weighted by Gasteiger charge is -2.18. The predicted octanol–water partition coefficient (Wildman–Crippen LogP) is 0.319. The molecule has 13 heavy (non-hydrogen) atoms. The maximum absolute atomic E-state index is 7.07. The van der Waals surface area contributed by atoms with E-state index in [0.29, 0.717) is 17.6 Å². The summed E-state index contributed by atoms with van der Waals surface area (Å²) in [7, 11) is 0. The van der Waals surface area contributed by atoms with Gasteiger partial charge in [0.25, 0.3) is 0 Å². The van der Waals surface area contributed by atoms with Crippen LogP contribution in [0.4, 0.5) is 0 Å². The Morgan fingerprint density at radius 1 is 1.62 bits per heavy atom. The third kappa shape index (κ3) is 1.87. The lowest BCUT2D eigenvalue weighted by atomic mass is 10.00. The molecule has 5 nitrogen and oxygen atoms in total. The molecule has 0 aliphatic carbocycles. The summed E-state index contributed by atoms with van der Waals surface area (Å²) in [5.74, 6) is 1.52. The van der Waals surface area contributed by atoms with E-state index in [-0.39, 0.29) is 6.54 Å². The van der Waals surface area contributed by atoms with Gasteiger partial charge in [-0.05, 0) is 19.4 Å². The summed E-state index contributed by atoms with van der Waals surface area (Å²) in [5, 5.41) is 6.99. The van der Waals surface area contributed by atoms with E-state index in [1.165, 1.54) is 0 Å². The summed E-state index contributed by atoms with van der Waals surface area (Å²) >= 11 is 0. The zero-order valence-corrected chi connectivity index (χ0v) is 7.42. The minimum absolute atomic E-state index is 0.101. The van der Waals surface area contributed by atoms with Gasteiger partial charge in [-0.25, -0.2) is 5.73 Å². The molecule has 0 amide bonds. The van der Waals surface area contributed by atoms with Crippen LogP contribution in [0.2, 0.25) is 0 Å². The molecule has 1 radical (unpaired) electrons. The highest BCUT2D eigenvalue weighted by molar-refractivity contribution is 4.96. The topological polar surface area (TPSA) is 74.8 Å². The van der Waals surface area contributed by atoms with Crippen LogP contribution in [0, 0.1) is 0 Å². The van der Waals surface area contributed by atoms with Crippen molar-refractivity contribution in [2.45, 2.75) is 25.3 Å². The van der Waals surface area contributed by atoms with E-state index in [1.54, 1.807) is 0 Å². The monoisotopic (exact) mass is 181 g/mol. The van der Waals surface area contributed by atoms with Gasteiger partial charge in [0, 0.05) is 6.54 Å². The van der Waals surface area contributed by atoms with E-state index in [4.69, 9.17) is 10.3 Å². The van der Waals surface area contributed by atoms with E-state index < -0.39 is 0 Å². The Balaban J connectivity index is 2.05. The van der Waals surface area contributed by atoms with Crippen molar-refractivity contribution in [1.82, 2.24) is 21.2 Å². The van der Waals surface area contributed by atoms with Crippen molar-refractivity contribution in [2.75, 3.05) is 13.1 Å². The minimum Gasteiger partial charge on any atom is -0.339 e. The molecule has 1 fully saturated rings. The van der Waals surface area contributed by atoms with E-state index >= 15 is 0 Å². The summed E-state index contributed by atoms with van der Waals surface area (Å²) in [4.78, 5) is 4.15. The Bertz CT molecular complexity index is 267. The second-order valence-corrected chi connectivity index (χ2v) is 3.27. The van der Waals surface area contributed by atoms with Crippen LogP contribution in [0.25, 0.3) is 0 Å². The SMILES string of the molecule is [NH]Cc1noc(C2CCCNC2)n1. The van der Waals surface area contributed by atoms with E-state index in [1.807, 2.05) is 0 Å². The van der Waals surface area contributed by atoms with Gasteiger partial charge in [0.2, 0.25) is 5.89 Å². The minimum atomic E-state index is 0.101. The summed E-state index contributed by atoms with van der Waals surface area (Å²) in [6, 6.07) is 0. The highest BCUT2D eigenvalue weighted by Gasteiger charge is 2.20. The number of nitrogens with zero attached hydrogens (tertiary/aromatic N) is 2. The maximum Gasteiger partial charge on any atom is 0.231 e. The molecule has 0 aromatic carbocycles. The maximum atomic E-state index is 7.07. The van der Waals surface area contributed by atoms with E-state index in [0.717, 1.165) is 25.9 Å². The lowest BCUT2D eigenvalue weighted by Crippen LogP contribution is -2.28. The normalized spacial score (nSPS) is 23.3. The van der Waals surface area contributed by atoms with E-state index in [9.17, 15) is 0 Å². The molecule has 1 atom stereocenters. The van der Waals surface area contributed by atoms with Gasteiger partial charge < -0.3 is 9.84 Å². The van der Waals surface area contributed by atoms with Crippen LogP contribution in [-0.4, -0.2) is 23.2 Å². The van der Waals surface area contributed by atoms with Crippen molar-refractivity contribution >= 4 is 0 Å². The molecule has 1 aromatic rings. The molecule has 71 valence electrons. The summed E-state index contributed by atoms with van der Waals surface area (Å²) in [5.41, 5.74) is 7.07. The second-order valence-electron chi connectivity index (χ2n) is 3.27. The predicted molar refractivity (Wildman–Crippen MR) is 45.9 cm³/mol. The number of piperidine rings is 1. The van der Waals surface area contributed by atoms with Gasteiger partial charge in [-0.1, -0.05) is 5.16 Å². The Kier molecular flexibility index (Phi) is 2.56. The molecule has 1 unspecified atom stereocenters. The van der Waals surface area contributed by atoms with Gasteiger partial charge >= 0.3 is 0 Å². The van der Waals surface area contributed by atoms with Crippen LogP contribution < -0.4 is 11.1 Å². The molecule has 1 aliphatic rings. The van der Waals surface area contributed by atoms with Gasteiger partial charge in [-0.15, -0.1) is 0 Å². The molecule has 0 bridgehead atoms. The van der Waals surface area contributed by atoms with Crippen LogP contribution in [0.15, 0.2) is 4.52 Å². The molecule has 0 spiro atoms. The molecule has 1 aromatic heterocycles. The fourth-order valence-corrected chi connectivity index (χ4v) is 1.57.